The van der Waals surface area contributed by atoms with E-state index in [1.165, 1.54) is 65.7 Å². The third-order valence-corrected chi connectivity index (χ3v) is 10.3. The minimum absolute atomic E-state index is 0.970. The van der Waals surface area contributed by atoms with Gasteiger partial charge in [0.05, 0.1) is 0 Å². The van der Waals surface area contributed by atoms with Crippen molar-refractivity contribution in [3.63, 3.8) is 0 Å². The normalized spacial score (nSPS) is 11.8. The molecule has 0 bridgehead atoms. The molecule has 0 heterocycles. The Balaban J connectivity index is 1.33. The Morgan fingerprint density at radius 1 is 0.389 bits per heavy atom. The van der Waals surface area contributed by atoms with E-state index in [0.29, 0.717) is 0 Å². The molecule has 54 heavy (non-hydrogen) atoms. The summed E-state index contributed by atoms with van der Waals surface area (Å²) in [6, 6.07) is 71.9. The molecule has 0 aliphatic rings. The van der Waals surface area contributed by atoms with Crippen LogP contribution in [0.4, 0.5) is 0 Å². The Bertz CT molecular complexity index is 2780. The van der Waals surface area contributed by atoms with E-state index in [2.05, 4.69) is 218 Å². The summed E-state index contributed by atoms with van der Waals surface area (Å²) >= 11 is 0. The van der Waals surface area contributed by atoms with Crippen LogP contribution < -0.4 is 0 Å². The molecular weight excluding hydrogens is 649 g/mol. The molecule has 9 aromatic rings. The van der Waals surface area contributed by atoms with Crippen molar-refractivity contribution in [1.82, 2.24) is 0 Å². The molecule has 0 aliphatic carbocycles. The maximum Gasteiger partial charge on any atom is -0.00257 e. The van der Waals surface area contributed by atoms with Crippen LogP contribution in [0.2, 0.25) is 0 Å². The average molecular weight is 687 g/mol. The quantitative estimate of drug-likeness (QED) is 0.110. The zero-order chi connectivity index (χ0) is 36.3. The van der Waals surface area contributed by atoms with Crippen molar-refractivity contribution in [2.24, 2.45) is 0 Å². The number of fused-ring (bicyclic) bond motifs is 3. The van der Waals surface area contributed by atoms with E-state index in [-0.39, 0.29) is 0 Å². The predicted molar refractivity (Wildman–Crippen MR) is 234 cm³/mol. The van der Waals surface area contributed by atoms with E-state index in [1.54, 1.807) is 0 Å². The summed E-state index contributed by atoms with van der Waals surface area (Å²) < 4.78 is 0. The first kappa shape index (κ1) is 32.9. The van der Waals surface area contributed by atoms with Crippen LogP contribution in [-0.4, -0.2) is 0 Å². The lowest BCUT2D eigenvalue weighted by Gasteiger charge is -2.20. The van der Waals surface area contributed by atoms with Gasteiger partial charge in [0.25, 0.3) is 0 Å². The zero-order valence-electron chi connectivity index (χ0n) is 30.0. The molecule has 9 rings (SSSR count). The summed E-state index contributed by atoms with van der Waals surface area (Å²) in [5, 5.41) is 7.21. The van der Waals surface area contributed by atoms with Crippen LogP contribution in [0.1, 0.15) is 16.7 Å². The van der Waals surface area contributed by atoms with Gasteiger partial charge < -0.3 is 0 Å². The fourth-order valence-electron chi connectivity index (χ4n) is 7.75. The number of hydrogen-bond donors (Lipinski definition) is 0. The van der Waals surface area contributed by atoms with E-state index < -0.39 is 0 Å². The Morgan fingerprint density at radius 2 is 0.870 bits per heavy atom. The third kappa shape index (κ3) is 6.47. The van der Waals surface area contributed by atoms with Gasteiger partial charge in [-0.05, 0) is 130 Å². The van der Waals surface area contributed by atoms with Crippen molar-refractivity contribution in [2.75, 3.05) is 0 Å². The van der Waals surface area contributed by atoms with E-state index in [4.69, 9.17) is 6.58 Å². The van der Waals surface area contributed by atoms with E-state index in [9.17, 15) is 0 Å². The number of allylic oxidation sites excluding steroid dienone is 4. The fraction of sp³-hybridized carbons (Fsp3) is 0. The van der Waals surface area contributed by atoms with Gasteiger partial charge in [-0.3, -0.25) is 0 Å². The van der Waals surface area contributed by atoms with Crippen molar-refractivity contribution in [2.45, 2.75) is 0 Å². The third-order valence-electron chi connectivity index (χ3n) is 10.3. The lowest BCUT2D eigenvalue weighted by atomic mass is 9.83. The summed E-state index contributed by atoms with van der Waals surface area (Å²) in [5.41, 5.74) is 12.7. The van der Waals surface area contributed by atoms with Gasteiger partial charge in [0.2, 0.25) is 0 Å². The van der Waals surface area contributed by atoms with Gasteiger partial charge in [0, 0.05) is 0 Å². The van der Waals surface area contributed by atoms with E-state index in [0.717, 1.165) is 27.8 Å². The van der Waals surface area contributed by atoms with Gasteiger partial charge in [-0.15, -0.1) is 0 Å². The van der Waals surface area contributed by atoms with Crippen molar-refractivity contribution < 1.29 is 0 Å². The van der Waals surface area contributed by atoms with Crippen LogP contribution in [0.25, 0.3) is 82.9 Å². The van der Waals surface area contributed by atoms with Crippen LogP contribution in [0.15, 0.2) is 219 Å². The lowest BCUT2D eigenvalue weighted by Crippen LogP contribution is -1.94. The van der Waals surface area contributed by atoms with Crippen molar-refractivity contribution >= 4 is 49.5 Å². The minimum atomic E-state index is 0.970. The molecule has 0 unspecified atom stereocenters. The molecule has 9 aromatic carbocycles. The highest BCUT2D eigenvalue weighted by Gasteiger charge is 2.19. The monoisotopic (exact) mass is 686 g/mol. The Kier molecular flexibility index (Phi) is 8.85. The van der Waals surface area contributed by atoms with Crippen LogP contribution in [0.5, 0.6) is 0 Å². The highest BCUT2D eigenvalue weighted by Crippen LogP contribution is 2.45. The van der Waals surface area contributed by atoms with E-state index in [1.807, 2.05) is 0 Å². The molecule has 0 aliphatic heterocycles. The topological polar surface area (TPSA) is 0 Å². The van der Waals surface area contributed by atoms with E-state index >= 15 is 0 Å². The first-order valence-corrected chi connectivity index (χ1v) is 18.5. The highest BCUT2D eigenvalue weighted by atomic mass is 14.2. The molecule has 0 aromatic heterocycles. The van der Waals surface area contributed by atoms with Gasteiger partial charge in [-0.25, -0.2) is 0 Å². The Hall–Kier alpha value is -7.02. The zero-order valence-corrected chi connectivity index (χ0v) is 30.0. The van der Waals surface area contributed by atoms with Gasteiger partial charge in [0.15, 0.2) is 0 Å². The average Bonchev–Trinajstić information content (AvgIpc) is 3.24. The molecule has 0 nitrogen and oxygen atoms in total. The molecule has 0 amide bonds. The van der Waals surface area contributed by atoms with Gasteiger partial charge in [-0.1, -0.05) is 189 Å². The fourth-order valence-corrected chi connectivity index (χ4v) is 7.75. The van der Waals surface area contributed by atoms with Crippen LogP contribution in [0, 0.1) is 0 Å². The number of rotatable bonds is 8. The van der Waals surface area contributed by atoms with Crippen LogP contribution >= 0.6 is 0 Å². The maximum atomic E-state index is 4.83. The molecule has 0 radical (unpaired) electrons. The summed E-state index contributed by atoms with van der Waals surface area (Å²) in [6.07, 6.45) is 6.65. The molecule has 254 valence electrons. The first-order chi connectivity index (χ1) is 26.7. The first-order valence-electron chi connectivity index (χ1n) is 18.5. The summed E-state index contributed by atoms with van der Waals surface area (Å²) in [6.45, 7) is 4.83. The molecule has 0 spiro atoms. The predicted octanol–water partition coefficient (Wildman–Crippen LogP) is 15.0. The van der Waals surface area contributed by atoms with Gasteiger partial charge >= 0.3 is 0 Å². The summed E-state index contributed by atoms with van der Waals surface area (Å²) in [4.78, 5) is 0. The van der Waals surface area contributed by atoms with Crippen LogP contribution in [0.3, 0.4) is 0 Å². The lowest BCUT2D eigenvalue weighted by molar-refractivity contribution is 1.58. The SMILES string of the molecule is C=C(C=C(C=Cc1ccccc1)c1ccccc1)c1c2ccccc2c(-c2cc(-c3ccccc3)cc(-c3ccccc3)c2)c2cc3ccccc3cc12. The second kappa shape index (κ2) is 14.5. The molecule has 0 saturated carbocycles. The Morgan fingerprint density at radius 3 is 1.48 bits per heavy atom. The molecule has 0 fully saturated rings. The molecule has 0 atom stereocenters. The maximum absolute atomic E-state index is 4.83. The minimum Gasteiger partial charge on any atom is -0.0911 e. The van der Waals surface area contributed by atoms with Gasteiger partial charge in [0.1, 0.15) is 0 Å². The second-order valence-electron chi connectivity index (χ2n) is 13.8. The summed E-state index contributed by atoms with van der Waals surface area (Å²) in [7, 11) is 0. The molecule has 0 saturated heterocycles. The molecule has 0 heteroatoms. The highest BCUT2D eigenvalue weighted by molar-refractivity contribution is 6.22. The summed E-state index contributed by atoms with van der Waals surface area (Å²) in [5.74, 6) is 0. The van der Waals surface area contributed by atoms with Crippen LogP contribution in [-0.2, 0) is 0 Å². The second-order valence-corrected chi connectivity index (χ2v) is 13.8. The molecular formula is C54H38. The Labute approximate surface area is 317 Å². The van der Waals surface area contributed by atoms with Gasteiger partial charge in [-0.2, -0.15) is 0 Å². The van der Waals surface area contributed by atoms with Crippen molar-refractivity contribution in [3.05, 3.63) is 236 Å². The van der Waals surface area contributed by atoms with Crippen molar-refractivity contribution in [1.29, 1.82) is 0 Å². The smallest absolute Gasteiger partial charge is 0.00257 e. The number of hydrogen-bond acceptors (Lipinski definition) is 0. The van der Waals surface area contributed by atoms with Crippen molar-refractivity contribution in [3.8, 4) is 33.4 Å². The largest absolute Gasteiger partial charge is 0.0911 e. The molecule has 0 N–H and O–H groups in total. The number of benzene rings is 9. The standard InChI is InChI=1S/C54H38/c1-38(32-45(40-20-8-3-9-21-40)31-30-39-18-6-2-7-19-39)53-49-28-16-17-29-50(49)54(52-37-44-27-15-14-26-43(44)36-51(52)53)48-34-46(41-22-10-4-11-23-41)33-47(35-48)42-24-12-5-13-25-42/h2-37H,1H2.